The summed E-state index contributed by atoms with van der Waals surface area (Å²) in [5, 5.41) is 3.04. The molecule has 0 bridgehead atoms. The summed E-state index contributed by atoms with van der Waals surface area (Å²) in [5.74, 6) is 0.673. The average molecular weight is 339 g/mol. The largest absolute Gasteiger partial charge is 0.496 e. The summed E-state index contributed by atoms with van der Waals surface area (Å²) in [4.78, 5) is 12.7. The molecule has 1 amide bonds. The molecule has 3 rings (SSSR count). The van der Waals surface area contributed by atoms with Crippen molar-refractivity contribution in [2.45, 2.75) is 25.9 Å². The Morgan fingerprint density at radius 3 is 2.68 bits per heavy atom. The van der Waals surface area contributed by atoms with Crippen molar-refractivity contribution in [3.8, 4) is 5.75 Å². The molecule has 0 radical (unpaired) electrons. The third-order valence-corrected chi connectivity index (χ3v) is 4.71. The van der Waals surface area contributed by atoms with Crippen LogP contribution in [0.5, 0.6) is 5.75 Å². The van der Waals surface area contributed by atoms with Gasteiger partial charge in [0, 0.05) is 18.7 Å². The van der Waals surface area contributed by atoms with E-state index in [4.69, 9.17) is 4.74 Å². The van der Waals surface area contributed by atoms with Gasteiger partial charge in [0.25, 0.3) is 0 Å². The van der Waals surface area contributed by atoms with E-state index < -0.39 is 0 Å². The summed E-state index contributed by atoms with van der Waals surface area (Å²) in [5.41, 5.74) is 9.74. The molecule has 1 fully saturated rings. The van der Waals surface area contributed by atoms with Crippen molar-refractivity contribution in [3.05, 3.63) is 65.2 Å². The van der Waals surface area contributed by atoms with Crippen LogP contribution in [0.4, 0.5) is 0 Å². The number of hydrogen-bond donors (Lipinski definition) is 3. The molecule has 0 saturated carbocycles. The summed E-state index contributed by atoms with van der Waals surface area (Å²) in [6.07, 6.45) is 1.01. The van der Waals surface area contributed by atoms with Gasteiger partial charge < -0.3 is 10.1 Å². The van der Waals surface area contributed by atoms with Crippen LogP contribution in [0.2, 0.25) is 0 Å². The Balaban J connectivity index is 1.66. The lowest BCUT2D eigenvalue weighted by atomic mass is 9.93. The fourth-order valence-electron chi connectivity index (χ4n) is 3.18. The second kappa shape index (κ2) is 8.14. The highest BCUT2D eigenvalue weighted by molar-refractivity contribution is 5.80. The monoisotopic (exact) mass is 339 g/mol. The van der Waals surface area contributed by atoms with Gasteiger partial charge in [-0.25, -0.2) is 5.43 Å². The number of methoxy groups -OCH3 is 1. The van der Waals surface area contributed by atoms with Gasteiger partial charge in [-0.1, -0.05) is 49.4 Å². The second-order valence-electron chi connectivity index (χ2n) is 6.23. The number of aryl methyl sites for hydroxylation is 1. The number of benzene rings is 2. The van der Waals surface area contributed by atoms with Gasteiger partial charge in [0.15, 0.2) is 0 Å². The van der Waals surface area contributed by atoms with Crippen LogP contribution in [-0.4, -0.2) is 19.6 Å². The van der Waals surface area contributed by atoms with E-state index in [1.165, 1.54) is 5.56 Å². The zero-order chi connectivity index (χ0) is 17.6. The lowest BCUT2D eigenvalue weighted by Crippen LogP contribution is -2.34. The molecule has 132 valence electrons. The van der Waals surface area contributed by atoms with Crippen molar-refractivity contribution in [2.75, 3.05) is 13.7 Å². The lowest BCUT2D eigenvalue weighted by molar-refractivity contribution is -0.125. The van der Waals surface area contributed by atoms with Crippen molar-refractivity contribution in [1.82, 2.24) is 16.2 Å². The zero-order valence-electron chi connectivity index (χ0n) is 14.7. The molecule has 2 aromatic rings. The van der Waals surface area contributed by atoms with E-state index in [2.05, 4.69) is 47.4 Å². The SMILES string of the molecule is CCc1ccc(C2NNCC2C(=O)NCc2ccccc2OC)cc1. The minimum atomic E-state index is -0.151. The maximum atomic E-state index is 12.7. The van der Waals surface area contributed by atoms with Crippen LogP contribution in [0.25, 0.3) is 0 Å². The molecular formula is C20H25N3O2. The predicted molar refractivity (Wildman–Crippen MR) is 98.0 cm³/mol. The third-order valence-electron chi connectivity index (χ3n) is 4.71. The average Bonchev–Trinajstić information content (AvgIpc) is 3.16. The summed E-state index contributed by atoms with van der Waals surface area (Å²) in [6, 6.07) is 16.2. The van der Waals surface area contributed by atoms with Gasteiger partial charge in [0.05, 0.1) is 19.1 Å². The smallest absolute Gasteiger partial charge is 0.226 e. The Morgan fingerprint density at radius 1 is 1.20 bits per heavy atom. The molecule has 1 aliphatic heterocycles. The Bertz CT molecular complexity index is 715. The van der Waals surface area contributed by atoms with E-state index in [1.807, 2.05) is 24.3 Å². The zero-order valence-corrected chi connectivity index (χ0v) is 14.7. The van der Waals surface area contributed by atoms with E-state index in [1.54, 1.807) is 7.11 Å². The normalized spacial score (nSPS) is 19.6. The Kier molecular flexibility index (Phi) is 5.68. The van der Waals surface area contributed by atoms with Gasteiger partial charge >= 0.3 is 0 Å². The van der Waals surface area contributed by atoms with E-state index >= 15 is 0 Å². The molecule has 1 saturated heterocycles. The highest BCUT2D eigenvalue weighted by Gasteiger charge is 2.33. The summed E-state index contributed by atoms with van der Waals surface area (Å²) in [7, 11) is 1.64. The standard InChI is InChI=1S/C20H25N3O2/c1-3-14-8-10-15(11-9-14)19-17(13-22-23-19)20(24)21-12-16-6-4-5-7-18(16)25-2/h4-11,17,19,22-23H,3,12-13H2,1-2H3,(H,21,24). The summed E-state index contributed by atoms with van der Waals surface area (Å²) < 4.78 is 5.34. The second-order valence-corrected chi connectivity index (χ2v) is 6.23. The molecule has 0 spiro atoms. The maximum Gasteiger partial charge on any atom is 0.226 e. The van der Waals surface area contributed by atoms with Crippen LogP contribution in [-0.2, 0) is 17.8 Å². The van der Waals surface area contributed by atoms with Crippen LogP contribution in [0.15, 0.2) is 48.5 Å². The van der Waals surface area contributed by atoms with Crippen molar-refractivity contribution < 1.29 is 9.53 Å². The van der Waals surface area contributed by atoms with Gasteiger partial charge in [0.1, 0.15) is 5.75 Å². The molecule has 25 heavy (non-hydrogen) atoms. The highest BCUT2D eigenvalue weighted by Crippen LogP contribution is 2.26. The highest BCUT2D eigenvalue weighted by atomic mass is 16.5. The maximum absolute atomic E-state index is 12.7. The number of hydrogen-bond acceptors (Lipinski definition) is 4. The number of ether oxygens (including phenoxy) is 1. The third kappa shape index (κ3) is 4.00. The van der Waals surface area contributed by atoms with Crippen LogP contribution in [0.3, 0.4) is 0 Å². The van der Waals surface area contributed by atoms with Gasteiger partial charge in [-0.3, -0.25) is 10.2 Å². The van der Waals surface area contributed by atoms with E-state index in [9.17, 15) is 4.79 Å². The predicted octanol–water partition coefficient (Wildman–Crippen LogP) is 2.34. The van der Waals surface area contributed by atoms with Gasteiger partial charge in [-0.15, -0.1) is 0 Å². The van der Waals surface area contributed by atoms with Crippen molar-refractivity contribution in [1.29, 1.82) is 0 Å². The molecule has 5 nitrogen and oxygen atoms in total. The topological polar surface area (TPSA) is 62.4 Å². The fraction of sp³-hybridized carbons (Fsp3) is 0.350. The lowest BCUT2D eigenvalue weighted by Gasteiger charge is -2.19. The van der Waals surface area contributed by atoms with Crippen molar-refractivity contribution in [2.24, 2.45) is 5.92 Å². The molecule has 2 aromatic carbocycles. The van der Waals surface area contributed by atoms with Crippen LogP contribution < -0.4 is 20.9 Å². The Morgan fingerprint density at radius 2 is 1.96 bits per heavy atom. The molecule has 2 atom stereocenters. The minimum absolute atomic E-state index is 0.0245. The molecule has 1 aliphatic rings. The van der Waals surface area contributed by atoms with Crippen molar-refractivity contribution in [3.63, 3.8) is 0 Å². The summed E-state index contributed by atoms with van der Waals surface area (Å²) >= 11 is 0. The van der Waals surface area contributed by atoms with Crippen LogP contribution in [0, 0.1) is 5.92 Å². The molecule has 1 heterocycles. The molecule has 2 unspecified atom stereocenters. The van der Waals surface area contributed by atoms with E-state index in [-0.39, 0.29) is 17.9 Å². The quantitative estimate of drug-likeness (QED) is 0.756. The minimum Gasteiger partial charge on any atom is -0.496 e. The number of nitrogens with one attached hydrogen (secondary N) is 3. The molecule has 0 aliphatic carbocycles. The first-order chi connectivity index (χ1) is 12.2. The van der Waals surface area contributed by atoms with E-state index in [0.29, 0.717) is 13.1 Å². The number of rotatable bonds is 6. The number of carbonyl (C=O) groups is 1. The first-order valence-corrected chi connectivity index (χ1v) is 8.69. The molecule has 0 aromatic heterocycles. The van der Waals surface area contributed by atoms with Gasteiger partial charge in [-0.2, -0.15) is 0 Å². The number of carbonyl (C=O) groups excluding carboxylic acids is 1. The number of amides is 1. The molecule has 5 heteroatoms. The molecular weight excluding hydrogens is 314 g/mol. The van der Waals surface area contributed by atoms with Crippen LogP contribution in [0.1, 0.15) is 29.7 Å². The van der Waals surface area contributed by atoms with E-state index in [0.717, 1.165) is 23.3 Å². The first kappa shape index (κ1) is 17.5. The number of para-hydroxylation sites is 1. The Labute approximate surface area is 148 Å². The first-order valence-electron chi connectivity index (χ1n) is 8.69. The Hall–Kier alpha value is -2.37. The number of hydrazine groups is 1. The van der Waals surface area contributed by atoms with Crippen molar-refractivity contribution >= 4 is 5.91 Å². The summed E-state index contributed by atoms with van der Waals surface area (Å²) in [6.45, 7) is 3.21. The molecule has 3 N–H and O–H groups in total. The van der Waals surface area contributed by atoms with Crippen LogP contribution >= 0.6 is 0 Å². The fourth-order valence-corrected chi connectivity index (χ4v) is 3.18. The van der Waals surface area contributed by atoms with Gasteiger partial charge in [0.2, 0.25) is 5.91 Å². The van der Waals surface area contributed by atoms with Gasteiger partial charge in [-0.05, 0) is 23.6 Å².